The molecule has 0 saturated carbocycles. The van der Waals surface area contributed by atoms with Gasteiger partial charge >= 0.3 is 0 Å². The van der Waals surface area contributed by atoms with Gasteiger partial charge in [0.25, 0.3) is 0 Å². The van der Waals surface area contributed by atoms with E-state index in [0.717, 1.165) is 17.2 Å². The summed E-state index contributed by atoms with van der Waals surface area (Å²) in [5.74, 6) is 0. The number of fused-ring (bicyclic) bond motifs is 1. The number of imidazole rings is 1. The summed E-state index contributed by atoms with van der Waals surface area (Å²) in [6, 6.07) is 0. The van der Waals surface area contributed by atoms with Crippen LogP contribution in [-0.2, 0) is 6.54 Å². The van der Waals surface area contributed by atoms with Gasteiger partial charge in [0, 0.05) is 17.6 Å². The van der Waals surface area contributed by atoms with Gasteiger partial charge in [0.15, 0.2) is 10.1 Å². The van der Waals surface area contributed by atoms with Crippen LogP contribution in [0.2, 0.25) is 5.15 Å². The topological polar surface area (TPSA) is 29.3 Å². The molecule has 1 N–H and O–H groups in total. The van der Waals surface area contributed by atoms with Gasteiger partial charge in [-0.1, -0.05) is 11.6 Å². The second-order valence-corrected chi connectivity index (χ2v) is 4.45. The van der Waals surface area contributed by atoms with Crippen LogP contribution in [0.25, 0.3) is 4.96 Å². The maximum Gasteiger partial charge on any atom is 0.195 e. The number of hydrogen-bond acceptors (Lipinski definition) is 3. The van der Waals surface area contributed by atoms with Gasteiger partial charge in [-0.15, -0.1) is 11.3 Å². The SMILES string of the molecule is CNCc1c(Cl)nc2sc(C)cn12. The second kappa shape index (κ2) is 3.29. The number of aryl methyl sites for hydroxylation is 1. The van der Waals surface area contributed by atoms with E-state index < -0.39 is 0 Å². The normalized spacial score (nSPS) is 11.3. The van der Waals surface area contributed by atoms with Crippen molar-refractivity contribution in [3.8, 4) is 0 Å². The van der Waals surface area contributed by atoms with Crippen molar-refractivity contribution >= 4 is 27.9 Å². The fraction of sp³-hybridized carbons (Fsp3) is 0.375. The lowest BCUT2D eigenvalue weighted by molar-refractivity contribution is 0.783. The van der Waals surface area contributed by atoms with Gasteiger partial charge in [0.2, 0.25) is 0 Å². The number of hydrogen-bond donors (Lipinski definition) is 1. The predicted octanol–water partition coefficient (Wildman–Crippen LogP) is 2.08. The van der Waals surface area contributed by atoms with E-state index in [9.17, 15) is 0 Å². The summed E-state index contributed by atoms with van der Waals surface area (Å²) < 4.78 is 2.04. The Bertz CT molecular complexity index is 432. The molecule has 0 amide bonds. The van der Waals surface area contributed by atoms with E-state index in [0.29, 0.717) is 5.15 Å². The highest BCUT2D eigenvalue weighted by Gasteiger charge is 2.10. The fourth-order valence-electron chi connectivity index (χ4n) is 1.30. The zero-order valence-electron chi connectivity index (χ0n) is 7.47. The average molecular weight is 216 g/mol. The number of aromatic nitrogens is 2. The summed E-state index contributed by atoms with van der Waals surface area (Å²) in [5, 5.41) is 3.67. The van der Waals surface area contributed by atoms with Crippen LogP contribution in [0.5, 0.6) is 0 Å². The van der Waals surface area contributed by atoms with E-state index in [4.69, 9.17) is 11.6 Å². The van der Waals surface area contributed by atoms with Crippen LogP contribution in [0.15, 0.2) is 6.20 Å². The molecule has 2 aromatic heterocycles. The molecule has 3 nitrogen and oxygen atoms in total. The van der Waals surface area contributed by atoms with Gasteiger partial charge in [-0.05, 0) is 14.0 Å². The number of thiazole rings is 1. The molecule has 0 aliphatic carbocycles. The maximum absolute atomic E-state index is 5.97. The Morgan fingerprint density at radius 3 is 3.15 bits per heavy atom. The van der Waals surface area contributed by atoms with Crippen molar-refractivity contribution in [3.63, 3.8) is 0 Å². The summed E-state index contributed by atoms with van der Waals surface area (Å²) in [5.41, 5.74) is 1.03. The number of nitrogens with zero attached hydrogens (tertiary/aromatic N) is 2. The largest absolute Gasteiger partial charge is 0.314 e. The Morgan fingerprint density at radius 2 is 2.46 bits per heavy atom. The molecule has 0 bridgehead atoms. The smallest absolute Gasteiger partial charge is 0.195 e. The molecule has 2 aromatic rings. The standard InChI is InChI=1S/C8H10ClN3S/c1-5-4-12-6(3-10-2)7(9)11-8(12)13-5/h4,10H,3H2,1-2H3. The van der Waals surface area contributed by atoms with E-state index in [2.05, 4.69) is 23.4 Å². The van der Waals surface area contributed by atoms with Crippen molar-refractivity contribution in [2.45, 2.75) is 13.5 Å². The highest BCUT2D eigenvalue weighted by Crippen LogP contribution is 2.23. The Hall–Kier alpha value is -0.580. The monoisotopic (exact) mass is 215 g/mol. The predicted molar refractivity (Wildman–Crippen MR) is 55.6 cm³/mol. The Morgan fingerprint density at radius 1 is 1.69 bits per heavy atom. The van der Waals surface area contributed by atoms with Gasteiger partial charge in [0.05, 0.1) is 5.69 Å². The van der Waals surface area contributed by atoms with Crippen LogP contribution < -0.4 is 5.32 Å². The first-order valence-corrected chi connectivity index (χ1v) is 5.19. The summed E-state index contributed by atoms with van der Waals surface area (Å²) in [6.07, 6.45) is 2.06. The number of nitrogens with one attached hydrogen (secondary N) is 1. The van der Waals surface area contributed by atoms with E-state index in [-0.39, 0.29) is 0 Å². The molecule has 0 atom stereocenters. The lowest BCUT2D eigenvalue weighted by Gasteiger charge is -1.97. The molecule has 70 valence electrons. The third-order valence-corrected chi connectivity index (χ3v) is 3.04. The highest BCUT2D eigenvalue weighted by atomic mass is 35.5. The zero-order valence-corrected chi connectivity index (χ0v) is 9.04. The van der Waals surface area contributed by atoms with Crippen molar-refractivity contribution in [1.82, 2.24) is 14.7 Å². The molecular formula is C8H10ClN3S. The minimum Gasteiger partial charge on any atom is -0.314 e. The average Bonchev–Trinajstić information content (AvgIpc) is 2.52. The minimum atomic E-state index is 0.598. The lowest BCUT2D eigenvalue weighted by atomic mass is 10.4. The molecular weight excluding hydrogens is 206 g/mol. The van der Waals surface area contributed by atoms with Crippen LogP contribution in [0.4, 0.5) is 0 Å². The Kier molecular flexibility index (Phi) is 2.27. The molecule has 0 fully saturated rings. The molecule has 0 spiro atoms. The maximum atomic E-state index is 5.97. The van der Waals surface area contributed by atoms with Crippen LogP contribution in [0.3, 0.4) is 0 Å². The van der Waals surface area contributed by atoms with E-state index in [1.54, 1.807) is 11.3 Å². The van der Waals surface area contributed by atoms with Crippen LogP contribution in [-0.4, -0.2) is 16.4 Å². The summed E-state index contributed by atoms with van der Waals surface area (Å²) in [7, 11) is 1.90. The highest BCUT2D eigenvalue weighted by molar-refractivity contribution is 7.17. The quantitative estimate of drug-likeness (QED) is 0.831. The van der Waals surface area contributed by atoms with Gasteiger partial charge < -0.3 is 5.32 Å². The van der Waals surface area contributed by atoms with Gasteiger partial charge in [0.1, 0.15) is 0 Å². The summed E-state index contributed by atoms with van der Waals surface area (Å²) >= 11 is 7.63. The second-order valence-electron chi connectivity index (χ2n) is 2.87. The third-order valence-electron chi connectivity index (χ3n) is 1.84. The van der Waals surface area contributed by atoms with Crippen molar-refractivity contribution < 1.29 is 0 Å². The lowest BCUT2D eigenvalue weighted by Crippen LogP contribution is -2.07. The van der Waals surface area contributed by atoms with E-state index >= 15 is 0 Å². The van der Waals surface area contributed by atoms with Gasteiger partial charge in [-0.3, -0.25) is 4.40 Å². The number of halogens is 1. The van der Waals surface area contributed by atoms with Crippen molar-refractivity contribution in [3.05, 3.63) is 21.9 Å². The molecule has 5 heteroatoms. The van der Waals surface area contributed by atoms with Crippen LogP contribution in [0.1, 0.15) is 10.6 Å². The van der Waals surface area contributed by atoms with Crippen molar-refractivity contribution in [2.75, 3.05) is 7.05 Å². The first-order chi connectivity index (χ1) is 6.22. The molecule has 0 saturated heterocycles. The number of rotatable bonds is 2. The molecule has 0 aliphatic rings. The molecule has 0 radical (unpaired) electrons. The first-order valence-electron chi connectivity index (χ1n) is 4.00. The van der Waals surface area contributed by atoms with Crippen molar-refractivity contribution in [2.24, 2.45) is 0 Å². The van der Waals surface area contributed by atoms with Gasteiger partial charge in [-0.25, -0.2) is 4.98 Å². The minimum absolute atomic E-state index is 0.598. The zero-order chi connectivity index (χ0) is 9.42. The van der Waals surface area contributed by atoms with Gasteiger partial charge in [-0.2, -0.15) is 0 Å². The Balaban J connectivity index is 2.61. The van der Waals surface area contributed by atoms with Crippen LogP contribution >= 0.6 is 22.9 Å². The summed E-state index contributed by atoms with van der Waals surface area (Å²) in [6.45, 7) is 2.81. The van der Waals surface area contributed by atoms with Crippen LogP contribution in [0, 0.1) is 6.92 Å². The van der Waals surface area contributed by atoms with E-state index in [1.165, 1.54) is 4.88 Å². The molecule has 0 unspecified atom stereocenters. The summed E-state index contributed by atoms with van der Waals surface area (Å²) in [4.78, 5) is 6.47. The molecule has 13 heavy (non-hydrogen) atoms. The third kappa shape index (κ3) is 1.45. The van der Waals surface area contributed by atoms with E-state index in [1.807, 2.05) is 11.4 Å². The molecule has 2 heterocycles. The molecule has 2 rings (SSSR count). The molecule has 0 aromatic carbocycles. The Labute approximate surface area is 85.4 Å². The first kappa shape index (κ1) is 8.99. The molecule has 0 aliphatic heterocycles. The van der Waals surface area contributed by atoms with Crippen molar-refractivity contribution in [1.29, 1.82) is 0 Å². The fourth-order valence-corrected chi connectivity index (χ4v) is 2.43.